The Morgan fingerprint density at radius 2 is 1.69 bits per heavy atom. The molecule has 1 unspecified atom stereocenters. The van der Waals surface area contributed by atoms with Gasteiger partial charge in [-0.3, -0.25) is 9.59 Å². The monoisotopic (exact) mass is 438 g/mol. The van der Waals surface area contributed by atoms with Crippen molar-refractivity contribution in [1.29, 1.82) is 0 Å². The molecule has 138 valence electrons. The quantitative estimate of drug-likeness (QED) is 0.437. The van der Waals surface area contributed by atoms with Crippen molar-refractivity contribution in [3.8, 4) is 5.75 Å². The van der Waals surface area contributed by atoms with Crippen LogP contribution in [0, 0.1) is 5.41 Å². The van der Waals surface area contributed by atoms with E-state index in [-0.39, 0.29) is 24.8 Å². The van der Waals surface area contributed by atoms with Crippen molar-refractivity contribution >= 4 is 39.3 Å². The van der Waals surface area contributed by atoms with E-state index in [0.717, 1.165) is 5.56 Å². The van der Waals surface area contributed by atoms with E-state index in [1.165, 1.54) is 0 Å². The van der Waals surface area contributed by atoms with Crippen molar-refractivity contribution in [2.24, 2.45) is 5.41 Å². The highest BCUT2D eigenvalue weighted by Gasteiger charge is 2.35. The van der Waals surface area contributed by atoms with Crippen LogP contribution in [0.1, 0.15) is 19.4 Å². The first kappa shape index (κ1) is 20.5. The van der Waals surface area contributed by atoms with Crippen LogP contribution in [-0.2, 0) is 20.7 Å². The first-order chi connectivity index (χ1) is 12.3. The summed E-state index contributed by atoms with van der Waals surface area (Å²) in [6, 6.07) is 16.0. The average molecular weight is 440 g/mol. The summed E-state index contributed by atoms with van der Waals surface area (Å²) in [6.45, 7) is 3.40. The molecule has 0 saturated heterocycles. The Balaban J connectivity index is 1.87. The molecule has 0 aliphatic carbocycles. The molecule has 2 rings (SSSR count). The maximum Gasteiger partial charge on any atom is 0.310 e. The number of alkyl halides is 1. The lowest BCUT2D eigenvalue weighted by Gasteiger charge is -2.25. The summed E-state index contributed by atoms with van der Waals surface area (Å²) in [6.07, 6.45) is 0.171. The molecule has 0 fully saturated rings. The lowest BCUT2D eigenvalue weighted by molar-refractivity contribution is -0.149. The van der Waals surface area contributed by atoms with Crippen LogP contribution in [0.2, 0.25) is 5.02 Å². The van der Waals surface area contributed by atoms with E-state index in [1.807, 2.05) is 30.3 Å². The third-order valence-electron chi connectivity index (χ3n) is 3.71. The molecule has 0 N–H and O–H groups in total. The second kappa shape index (κ2) is 9.19. The number of halogens is 2. The molecular formula is C20H20BrClO4. The molecule has 4 nitrogen and oxygen atoms in total. The molecule has 0 aliphatic rings. The van der Waals surface area contributed by atoms with E-state index < -0.39 is 10.4 Å². The minimum Gasteiger partial charge on any atom is -0.471 e. The second-order valence-electron chi connectivity index (χ2n) is 6.46. The molecule has 6 heteroatoms. The second-order valence-corrected chi connectivity index (χ2v) is 7.73. The van der Waals surface area contributed by atoms with Crippen LogP contribution in [-0.4, -0.2) is 23.4 Å². The Kier molecular flexibility index (Phi) is 7.23. The van der Waals surface area contributed by atoms with Gasteiger partial charge in [0.2, 0.25) is 5.01 Å². The van der Waals surface area contributed by atoms with E-state index in [4.69, 9.17) is 21.1 Å². The molecule has 0 aliphatic heterocycles. The van der Waals surface area contributed by atoms with Gasteiger partial charge in [0, 0.05) is 5.02 Å². The zero-order chi connectivity index (χ0) is 19.2. The third kappa shape index (κ3) is 6.15. The van der Waals surface area contributed by atoms with Gasteiger partial charge in [0.15, 0.2) is 5.78 Å². The van der Waals surface area contributed by atoms with Gasteiger partial charge in [-0.15, -0.1) is 0 Å². The summed E-state index contributed by atoms with van der Waals surface area (Å²) in [5, 5.41) is -0.271. The predicted octanol–water partition coefficient (Wildman–Crippen LogP) is 4.82. The molecule has 26 heavy (non-hydrogen) atoms. The Bertz CT molecular complexity index is 744. The molecule has 0 bridgehead atoms. The Morgan fingerprint density at radius 1 is 1.08 bits per heavy atom. The van der Waals surface area contributed by atoms with E-state index in [9.17, 15) is 9.59 Å². The van der Waals surface area contributed by atoms with Crippen molar-refractivity contribution in [2.75, 3.05) is 6.61 Å². The van der Waals surface area contributed by atoms with Gasteiger partial charge in [0.1, 0.15) is 12.4 Å². The van der Waals surface area contributed by atoms with Crippen LogP contribution in [0.3, 0.4) is 0 Å². The number of ether oxygens (including phenoxy) is 2. The normalized spacial score (nSPS) is 12.3. The van der Waals surface area contributed by atoms with Gasteiger partial charge in [0.25, 0.3) is 0 Å². The highest BCUT2D eigenvalue weighted by atomic mass is 79.9. The summed E-state index contributed by atoms with van der Waals surface area (Å²) >= 11 is 9.08. The molecule has 2 aromatic carbocycles. The number of benzene rings is 2. The summed E-state index contributed by atoms with van der Waals surface area (Å²) in [7, 11) is 0. The Hall–Kier alpha value is -1.85. The van der Waals surface area contributed by atoms with Gasteiger partial charge in [-0.05, 0) is 59.6 Å². The maximum atomic E-state index is 12.6. The first-order valence-electron chi connectivity index (χ1n) is 8.08. The fraction of sp³-hybridized carbons (Fsp3) is 0.300. The van der Waals surface area contributed by atoms with Gasteiger partial charge >= 0.3 is 5.97 Å². The molecule has 0 heterocycles. The van der Waals surface area contributed by atoms with E-state index >= 15 is 0 Å². The lowest BCUT2D eigenvalue weighted by atomic mass is 9.89. The van der Waals surface area contributed by atoms with Crippen LogP contribution < -0.4 is 4.74 Å². The number of ketones is 1. The van der Waals surface area contributed by atoms with Crippen LogP contribution in [0.25, 0.3) is 0 Å². The van der Waals surface area contributed by atoms with Crippen molar-refractivity contribution in [2.45, 2.75) is 25.3 Å². The van der Waals surface area contributed by atoms with Gasteiger partial charge in [-0.2, -0.15) is 0 Å². The van der Waals surface area contributed by atoms with Crippen LogP contribution in [0.15, 0.2) is 54.6 Å². The molecule has 0 radical (unpaired) electrons. The van der Waals surface area contributed by atoms with E-state index in [0.29, 0.717) is 10.8 Å². The van der Waals surface area contributed by atoms with Crippen molar-refractivity contribution in [1.82, 2.24) is 0 Å². The number of carbonyl (C=O) groups excluding carboxylic acids is 2. The number of esters is 1. The zero-order valence-electron chi connectivity index (χ0n) is 14.6. The lowest BCUT2D eigenvalue weighted by Crippen LogP contribution is -2.38. The summed E-state index contributed by atoms with van der Waals surface area (Å²) in [5.41, 5.74) is -0.0292. The first-order valence-corrected chi connectivity index (χ1v) is 9.37. The minimum absolute atomic E-state index is 0.0242. The highest BCUT2D eigenvalue weighted by Crippen LogP contribution is 2.26. The van der Waals surface area contributed by atoms with Crippen molar-refractivity contribution < 1.29 is 19.1 Å². The number of Topliss-reactive ketones (excluding diaryl/α,β-unsaturated/α-hetero) is 1. The average Bonchev–Trinajstić information content (AvgIpc) is 2.62. The standard InChI is InChI=1S/C20H20BrClO4/c1-20(2,13-25-17(23)12-14-6-4-3-5-7-14)18(24)19(21)26-16-10-8-15(22)9-11-16/h3-11,19H,12-13H2,1-2H3. The van der Waals surface area contributed by atoms with E-state index in [2.05, 4.69) is 15.9 Å². The minimum atomic E-state index is -0.896. The number of hydrogen-bond acceptors (Lipinski definition) is 4. The summed E-state index contributed by atoms with van der Waals surface area (Å²) in [4.78, 5) is 24.6. The van der Waals surface area contributed by atoms with Crippen LogP contribution >= 0.6 is 27.5 Å². The van der Waals surface area contributed by atoms with Gasteiger partial charge in [-0.1, -0.05) is 41.9 Å². The molecule has 0 aromatic heterocycles. The van der Waals surface area contributed by atoms with Crippen LogP contribution in [0.4, 0.5) is 0 Å². The van der Waals surface area contributed by atoms with Crippen molar-refractivity contribution in [3.63, 3.8) is 0 Å². The molecule has 2 aromatic rings. The molecule has 0 amide bonds. The summed E-state index contributed by atoms with van der Waals surface area (Å²) in [5.74, 6) is -0.0803. The maximum absolute atomic E-state index is 12.6. The Morgan fingerprint density at radius 3 is 2.31 bits per heavy atom. The molecule has 1 atom stereocenters. The largest absolute Gasteiger partial charge is 0.471 e. The number of hydrogen-bond donors (Lipinski definition) is 0. The molecule has 0 saturated carbocycles. The fourth-order valence-electron chi connectivity index (χ4n) is 2.14. The Labute approximate surface area is 166 Å². The van der Waals surface area contributed by atoms with Crippen LogP contribution in [0.5, 0.6) is 5.75 Å². The third-order valence-corrected chi connectivity index (χ3v) is 4.57. The number of carbonyl (C=O) groups is 2. The SMILES string of the molecule is CC(C)(COC(=O)Cc1ccccc1)C(=O)C(Br)Oc1ccc(Cl)cc1. The van der Waals surface area contributed by atoms with Gasteiger partial charge in [0.05, 0.1) is 11.8 Å². The van der Waals surface area contributed by atoms with Crippen molar-refractivity contribution in [3.05, 3.63) is 65.2 Å². The molecular weight excluding hydrogens is 420 g/mol. The zero-order valence-corrected chi connectivity index (χ0v) is 16.9. The fourth-order valence-corrected chi connectivity index (χ4v) is 3.10. The number of rotatable bonds is 8. The predicted molar refractivity (Wildman–Crippen MR) is 105 cm³/mol. The van der Waals surface area contributed by atoms with Gasteiger partial charge in [-0.25, -0.2) is 0 Å². The molecule has 0 spiro atoms. The summed E-state index contributed by atoms with van der Waals surface area (Å²) < 4.78 is 10.9. The topological polar surface area (TPSA) is 52.6 Å². The highest BCUT2D eigenvalue weighted by molar-refractivity contribution is 9.09. The smallest absolute Gasteiger partial charge is 0.310 e. The van der Waals surface area contributed by atoms with E-state index in [1.54, 1.807) is 38.1 Å². The van der Waals surface area contributed by atoms with Gasteiger partial charge < -0.3 is 9.47 Å².